The van der Waals surface area contributed by atoms with Crippen molar-refractivity contribution in [3.63, 3.8) is 0 Å². The Balaban J connectivity index is 3.12. The highest BCUT2D eigenvalue weighted by molar-refractivity contribution is 5.69. The lowest BCUT2D eigenvalue weighted by molar-refractivity contribution is -0.144. The van der Waals surface area contributed by atoms with E-state index in [1.54, 1.807) is 0 Å². The number of carbonyl (C=O) groups is 1. The first-order valence-corrected chi connectivity index (χ1v) is 13.2. The van der Waals surface area contributed by atoms with Crippen LogP contribution in [-0.2, 0) is 23.7 Å². The van der Waals surface area contributed by atoms with Gasteiger partial charge in [0.1, 0.15) is 0 Å². The van der Waals surface area contributed by atoms with Gasteiger partial charge in [0.2, 0.25) is 0 Å². The minimum Gasteiger partial charge on any atom is -0.466 e. The molecular formula is C26H52O5. The lowest BCUT2D eigenvalue weighted by Crippen LogP contribution is -2.11. The summed E-state index contributed by atoms with van der Waals surface area (Å²) in [7, 11) is 0. The quantitative estimate of drug-likeness (QED) is 0.108. The van der Waals surface area contributed by atoms with Gasteiger partial charge in [-0.25, -0.2) is 0 Å². The maximum atomic E-state index is 11.7. The molecule has 0 spiro atoms. The number of carbonyl (C=O) groups excluding carboxylic acids is 1. The summed E-state index contributed by atoms with van der Waals surface area (Å²) in [6.45, 7) is 8.85. The maximum absolute atomic E-state index is 11.7. The van der Waals surface area contributed by atoms with E-state index < -0.39 is 0 Å². The number of hydrogen-bond acceptors (Lipinski definition) is 5. The van der Waals surface area contributed by atoms with Crippen molar-refractivity contribution in [2.75, 3.05) is 46.2 Å². The molecule has 0 saturated heterocycles. The maximum Gasteiger partial charge on any atom is 0.305 e. The lowest BCUT2D eigenvalue weighted by atomic mass is 10.1. The van der Waals surface area contributed by atoms with Crippen molar-refractivity contribution in [2.45, 2.75) is 117 Å². The van der Waals surface area contributed by atoms with Gasteiger partial charge in [-0.3, -0.25) is 4.79 Å². The molecule has 0 radical (unpaired) electrons. The average Bonchev–Trinajstić information content (AvgIpc) is 2.77. The zero-order chi connectivity index (χ0) is 22.7. The first-order chi connectivity index (χ1) is 15.3. The van der Waals surface area contributed by atoms with Gasteiger partial charge in [-0.05, 0) is 19.3 Å². The van der Waals surface area contributed by atoms with Gasteiger partial charge in [-0.1, -0.05) is 90.9 Å². The summed E-state index contributed by atoms with van der Waals surface area (Å²) in [6, 6.07) is 0. The summed E-state index contributed by atoms with van der Waals surface area (Å²) in [5.41, 5.74) is 0. The van der Waals surface area contributed by atoms with Crippen LogP contribution in [0, 0.1) is 0 Å². The molecule has 0 aromatic heterocycles. The number of ether oxygens (including phenoxy) is 4. The fourth-order valence-corrected chi connectivity index (χ4v) is 3.34. The normalized spacial score (nSPS) is 11.2. The molecule has 0 unspecified atom stereocenters. The van der Waals surface area contributed by atoms with Gasteiger partial charge in [0.05, 0.1) is 33.0 Å². The zero-order valence-electron chi connectivity index (χ0n) is 20.8. The minimum atomic E-state index is -0.106. The molecule has 0 rings (SSSR count). The lowest BCUT2D eigenvalue weighted by Gasteiger charge is -2.07. The Bertz CT molecular complexity index is 349. The Labute approximate surface area is 192 Å². The van der Waals surface area contributed by atoms with Crippen molar-refractivity contribution in [3.05, 3.63) is 0 Å². The molecule has 0 heterocycles. The predicted octanol–water partition coefficient (Wildman–Crippen LogP) is 6.86. The van der Waals surface area contributed by atoms with Gasteiger partial charge in [0.15, 0.2) is 0 Å². The number of rotatable bonds is 26. The fourth-order valence-electron chi connectivity index (χ4n) is 3.34. The van der Waals surface area contributed by atoms with E-state index in [1.165, 1.54) is 70.6 Å². The Morgan fingerprint density at radius 1 is 0.452 bits per heavy atom. The molecule has 0 aliphatic rings. The molecule has 0 saturated carbocycles. The number of esters is 1. The van der Waals surface area contributed by atoms with Crippen molar-refractivity contribution in [2.24, 2.45) is 0 Å². The van der Waals surface area contributed by atoms with E-state index >= 15 is 0 Å². The molecule has 0 aliphatic heterocycles. The predicted molar refractivity (Wildman–Crippen MR) is 129 cm³/mol. The van der Waals surface area contributed by atoms with Gasteiger partial charge in [0, 0.05) is 19.6 Å². The van der Waals surface area contributed by atoms with Crippen molar-refractivity contribution in [1.29, 1.82) is 0 Å². The molecule has 0 atom stereocenters. The van der Waals surface area contributed by atoms with Crippen molar-refractivity contribution in [1.82, 2.24) is 0 Å². The molecule has 0 aromatic carbocycles. The molecule has 0 amide bonds. The van der Waals surface area contributed by atoms with Crippen LogP contribution in [0.15, 0.2) is 0 Å². The standard InChI is InChI=1S/C26H52O5/c1-3-5-7-9-11-12-14-16-21-31-26(27)18-17-20-29-23-25-30-24-22-28-19-15-13-10-8-6-4-2/h3-25H2,1-2H3. The van der Waals surface area contributed by atoms with Gasteiger partial charge in [-0.15, -0.1) is 0 Å². The summed E-state index contributed by atoms with van der Waals surface area (Å²) in [5, 5.41) is 0. The zero-order valence-corrected chi connectivity index (χ0v) is 20.8. The second kappa shape index (κ2) is 27.4. The van der Waals surface area contributed by atoms with Crippen LogP contribution in [-0.4, -0.2) is 52.2 Å². The van der Waals surface area contributed by atoms with E-state index in [0.29, 0.717) is 52.5 Å². The Kier molecular flexibility index (Phi) is 26.8. The van der Waals surface area contributed by atoms with Crippen LogP contribution in [0.2, 0.25) is 0 Å². The Hall–Kier alpha value is -0.650. The van der Waals surface area contributed by atoms with Crippen LogP contribution in [0.4, 0.5) is 0 Å². The summed E-state index contributed by atoms with van der Waals surface area (Å²) in [6.07, 6.45) is 18.9. The van der Waals surface area contributed by atoms with E-state index in [0.717, 1.165) is 25.9 Å². The summed E-state index contributed by atoms with van der Waals surface area (Å²) in [4.78, 5) is 11.7. The molecule has 5 heteroatoms. The molecule has 0 aromatic rings. The van der Waals surface area contributed by atoms with Crippen LogP contribution in [0.25, 0.3) is 0 Å². The number of unbranched alkanes of at least 4 members (excludes halogenated alkanes) is 12. The molecule has 0 fully saturated rings. The van der Waals surface area contributed by atoms with Crippen molar-refractivity contribution < 1.29 is 23.7 Å². The third kappa shape index (κ3) is 27.3. The molecule has 31 heavy (non-hydrogen) atoms. The first kappa shape index (κ1) is 30.4. The summed E-state index contributed by atoms with van der Waals surface area (Å²) >= 11 is 0. The largest absolute Gasteiger partial charge is 0.466 e. The third-order valence-electron chi connectivity index (χ3n) is 5.32. The Morgan fingerprint density at radius 2 is 0.839 bits per heavy atom. The molecular weight excluding hydrogens is 392 g/mol. The van der Waals surface area contributed by atoms with Gasteiger partial charge < -0.3 is 18.9 Å². The van der Waals surface area contributed by atoms with Gasteiger partial charge in [-0.2, -0.15) is 0 Å². The number of hydrogen-bond donors (Lipinski definition) is 0. The molecule has 0 N–H and O–H groups in total. The molecule has 186 valence electrons. The van der Waals surface area contributed by atoms with E-state index in [-0.39, 0.29) is 5.97 Å². The SMILES string of the molecule is CCCCCCCCCCOC(=O)CCCOCCOCCOCCCCCCCC. The van der Waals surface area contributed by atoms with Gasteiger partial charge in [0.25, 0.3) is 0 Å². The first-order valence-electron chi connectivity index (χ1n) is 13.2. The van der Waals surface area contributed by atoms with E-state index in [2.05, 4.69) is 13.8 Å². The average molecular weight is 445 g/mol. The van der Waals surface area contributed by atoms with E-state index in [1.807, 2.05) is 0 Å². The summed E-state index contributed by atoms with van der Waals surface area (Å²) < 4.78 is 21.8. The topological polar surface area (TPSA) is 54.0 Å². The summed E-state index contributed by atoms with van der Waals surface area (Å²) in [5.74, 6) is -0.106. The second-order valence-electron chi connectivity index (χ2n) is 8.40. The molecule has 5 nitrogen and oxygen atoms in total. The molecule has 0 bridgehead atoms. The fraction of sp³-hybridized carbons (Fsp3) is 0.962. The van der Waals surface area contributed by atoms with E-state index in [9.17, 15) is 4.79 Å². The minimum absolute atomic E-state index is 0.106. The van der Waals surface area contributed by atoms with Crippen LogP contribution in [0.3, 0.4) is 0 Å². The van der Waals surface area contributed by atoms with Crippen LogP contribution in [0.5, 0.6) is 0 Å². The monoisotopic (exact) mass is 444 g/mol. The second-order valence-corrected chi connectivity index (χ2v) is 8.40. The third-order valence-corrected chi connectivity index (χ3v) is 5.32. The van der Waals surface area contributed by atoms with Crippen LogP contribution in [0.1, 0.15) is 117 Å². The highest BCUT2D eigenvalue weighted by atomic mass is 16.5. The van der Waals surface area contributed by atoms with Crippen LogP contribution < -0.4 is 0 Å². The Morgan fingerprint density at radius 3 is 1.35 bits per heavy atom. The molecule has 0 aliphatic carbocycles. The van der Waals surface area contributed by atoms with Crippen molar-refractivity contribution in [3.8, 4) is 0 Å². The highest BCUT2D eigenvalue weighted by Gasteiger charge is 2.02. The van der Waals surface area contributed by atoms with Crippen molar-refractivity contribution >= 4 is 5.97 Å². The highest BCUT2D eigenvalue weighted by Crippen LogP contribution is 2.08. The van der Waals surface area contributed by atoms with E-state index in [4.69, 9.17) is 18.9 Å². The van der Waals surface area contributed by atoms with Crippen LogP contribution >= 0.6 is 0 Å². The van der Waals surface area contributed by atoms with Gasteiger partial charge >= 0.3 is 5.97 Å². The smallest absolute Gasteiger partial charge is 0.305 e.